The number of aliphatic hydroxyl groups is 2. The summed E-state index contributed by atoms with van der Waals surface area (Å²) in [5, 5.41) is 20.8. The highest BCUT2D eigenvalue weighted by atomic mass is 32.2. The van der Waals surface area contributed by atoms with Gasteiger partial charge in [0.05, 0.1) is 43.9 Å². The number of esters is 2. The zero-order chi connectivity index (χ0) is 48.4. The Morgan fingerprint density at radius 3 is 1.00 bits per heavy atom. The normalized spacial score (nSPS) is 16.0. The van der Waals surface area contributed by atoms with E-state index in [9.17, 15) is 36.6 Å². The molecule has 360 valence electrons. The van der Waals surface area contributed by atoms with Gasteiger partial charge >= 0.3 is 11.9 Å². The molecule has 2 aliphatic rings. The quantitative estimate of drug-likeness (QED) is 0.0531. The summed E-state index contributed by atoms with van der Waals surface area (Å²) < 4.78 is 101. The van der Waals surface area contributed by atoms with Gasteiger partial charge in [-0.05, 0) is 146 Å². The molecule has 4 unspecified atom stereocenters. The molecular formula is C50H46O17S2. The third-order valence-corrected chi connectivity index (χ3v) is 13.9. The smallest absolute Gasteiger partial charge is 0.338 e. The average Bonchev–Trinajstić information content (AvgIpc) is 4.33. The molecule has 2 fully saturated rings. The largest absolute Gasteiger partial charge is 0.491 e. The average molecular weight is 983 g/mol. The molecule has 19 heteroatoms. The molecule has 2 saturated heterocycles. The molecule has 2 N–H and O–H groups in total. The van der Waals surface area contributed by atoms with Gasteiger partial charge in [0.25, 0.3) is 0 Å². The van der Waals surface area contributed by atoms with E-state index in [1.807, 2.05) is 0 Å². The summed E-state index contributed by atoms with van der Waals surface area (Å²) in [6.45, 7) is 0.933. The summed E-state index contributed by atoms with van der Waals surface area (Å²) in [4.78, 5) is 25.6. The molecule has 6 aromatic rings. The molecule has 4 atom stereocenters. The molecule has 17 nitrogen and oxygen atoms in total. The number of epoxide rings is 2. The number of sulfone groups is 2. The van der Waals surface area contributed by atoms with Crippen molar-refractivity contribution in [3.05, 3.63) is 157 Å². The fourth-order valence-corrected chi connectivity index (χ4v) is 8.81. The van der Waals surface area contributed by atoms with E-state index in [1.165, 1.54) is 97.1 Å². The van der Waals surface area contributed by atoms with Crippen LogP contribution in [0.2, 0.25) is 0 Å². The Morgan fingerprint density at radius 2 is 0.710 bits per heavy atom. The van der Waals surface area contributed by atoms with Crippen molar-refractivity contribution in [2.45, 2.75) is 44.0 Å². The van der Waals surface area contributed by atoms with Crippen LogP contribution in [0.25, 0.3) is 0 Å². The Kier molecular flexibility index (Phi) is 15.4. The summed E-state index contributed by atoms with van der Waals surface area (Å²) in [6.07, 6.45) is -2.20. The highest BCUT2D eigenvalue weighted by Gasteiger charge is 2.25. The summed E-state index contributed by atoms with van der Waals surface area (Å²) >= 11 is 0. The van der Waals surface area contributed by atoms with E-state index in [2.05, 4.69) is 0 Å². The van der Waals surface area contributed by atoms with E-state index in [1.54, 1.807) is 48.5 Å². The molecule has 2 aliphatic heterocycles. The third-order valence-electron chi connectivity index (χ3n) is 10.3. The van der Waals surface area contributed by atoms with Crippen molar-refractivity contribution in [1.82, 2.24) is 0 Å². The second-order valence-electron chi connectivity index (χ2n) is 15.7. The minimum Gasteiger partial charge on any atom is -0.491 e. The van der Waals surface area contributed by atoms with Gasteiger partial charge in [0.2, 0.25) is 19.7 Å². The number of aliphatic hydroxyl groups excluding tert-OH is 2. The lowest BCUT2D eigenvalue weighted by Crippen LogP contribution is -2.25. The van der Waals surface area contributed by atoms with Crippen LogP contribution in [0.4, 0.5) is 0 Å². The maximum Gasteiger partial charge on any atom is 0.338 e. The highest BCUT2D eigenvalue weighted by Crippen LogP contribution is 2.28. The lowest BCUT2D eigenvalue weighted by Gasteiger charge is -2.14. The lowest BCUT2D eigenvalue weighted by atomic mass is 10.2. The Bertz CT molecular complexity index is 2680. The minimum atomic E-state index is -3.80. The van der Waals surface area contributed by atoms with E-state index in [-0.39, 0.29) is 69.3 Å². The van der Waals surface area contributed by atoms with Gasteiger partial charge in [0.1, 0.15) is 98.6 Å². The van der Waals surface area contributed by atoms with Crippen molar-refractivity contribution in [1.29, 1.82) is 0 Å². The van der Waals surface area contributed by atoms with Crippen LogP contribution in [0.15, 0.2) is 165 Å². The number of carbonyl (C=O) groups is 2. The first kappa shape index (κ1) is 48.5. The van der Waals surface area contributed by atoms with Crippen molar-refractivity contribution < 1.29 is 79.3 Å². The lowest BCUT2D eigenvalue weighted by molar-refractivity contribution is 0.0127. The van der Waals surface area contributed by atoms with Crippen LogP contribution >= 0.6 is 0 Å². The molecule has 69 heavy (non-hydrogen) atoms. The fraction of sp³-hybridized carbons (Fsp3) is 0.240. The second kappa shape index (κ2) is 22.0. The van der Waals surface area contributed by atoms with Gasteiger partial charge in [0.15, 0.2) is 0 Å². The standard InChI is InChI=1S/C50H46O17S2/c51-35(25-59-37-9-17-45(18-10-37)68(55,56)47-21-13-39(14-22-47)61-29-43-31-63-43)27-65-49(53)33-1-5-41(6-2-33)67-42-7-3-34(4-8-42)50(54)66-28-36(52)26-60-38-11-19-46(20-12-38)69(57,58)48-23-15-40(16-24-48)62-30-44-32-64-44/h1-24,35-36,43-44,51-52H,25-32H2. The molecule has 0 spiro atoms. The molecule has 0 aliphatic carbocycles. The monoisotopic (exact) mass is 982 g/mol. The van der Waals surface area contributed by atoms with E-state index in [4.69, 9.17) is 42.6 Å². The van der Waals surface area contributed by atoms with Crippen molar-refractivity contribution in [3.63, 3.8) is 0 Å². The summed E-state index contributed by atoms with van der Waals surface area (Å²) in [5.74, 6) is 1.06. The number of rotatable bonds is 24. The SMILES string of the molecule is O=C(OCC(O)COc1ccc(S(=O)(=O)c2ccc(OCC3CO3)cc2)cc1)c1ccc(Oc2ccc(C(=O)OCC(O)COc3ccc(S(=O)(=O)c4ccc(OCC5CO5)cc4)cc3)cc2)cc1. The number of benzene rings is 6. The summed E-state index contributed by atoms with van der Waals surface area (Å²) in [7, 11) is -7.60. The van der Waals surface area contributed by atoms with Gasteiger partial charge in [-0.15, -0.1) is 0 Å². The minimum absolute atomic E-state index is 0.0567. The van der Waals surface area contributed by atoms with Gasteiger partial charge < -0.3 is 52.8 Å². The first-order chi connectivity index (χ1) is 33.3. The Morgan fingerprint density at radius 1 is 0.435 bits per heavy atom. The predicted octanol–water partition coefficient (Wildman–Crippen LogP) is 5.89. The first-order valence-electron chi connectivity index (χ1n) is 21.5. The van der Waals surface area contributed by atoms with Crippen LogP contribution in [0.3, 0.4) is 0 Å². The van der Waals surface area contributed by atoms with Gasteiger partial charge in [0, 0.05) is 0 Å². The summed E-state index contributed by atoms with van der Waals surface area (Å²) in [5.41, 5.74) is 0.391. The van der Waals surface area contributed by atoms with Crippen LogP contribution < -0.4 is 23.7 Å². The summed E-state index contributed by atoms with van der Waals surface area (Å²) in [6, 6.07) is 35.8. The maximum atomic E-state index is 13.1. The fourth-order valence-electron chi connectivity index (χ4n) is 6.28. The molecule has 0 saturated carbocycles. The van der Waals surface area contributed by atoms with Crippen molar-refractivity contribution in [3.8, 4) is 34.5 Å². The topological polar surface area (TPSA) is 233 Å². The third kappa shape index (κ3) is 13.6. The molecule has 2 heterocycles. The van der Waals surface area contributed by atoms with Crippen LogP contribution in [0, 0.1) is 0 Å². The Balaban J connectivity index is 0.711. The van der Waals surface area contributed by atoms with E-state index in [0.29, 0.717) is 60.9 Å². The number of hydrogen-bond donors (Lipinski definition) is 2. The van der Waals surface area contributed by atoms with E-state index >= 15 is 0 Å². The van der Waals surface area contributed by atoms with Gasteiger partial charge in [-0.1, -0.05) is 0 Å². The first-order valence-corrected chi connectivity index (χ1v) is 24.5. The molecule has 0 radical (unpaired) electrons. The van der Waals surface area contributed by atoms with E-state index in [0.717, 1.165) is 0 Å². The molecule has 0 amide bonds. The Labute approximate surface area is 397 Å². The van der Waals surface area contributed by atoms with Gasteiger partial charge in [-0.2, -0.15) is 0 Å². The van der Waals surface area contributed by atoms with Crippen LogP contribution in [0.1, 0.15) is 20.7 Å². The van der Waals surface area contributed by atoms with Crippen LogP contribution in [-0.4, -0.2) is 116 Å². The number of hydrogen-bond acceptors (Lipinski definition) is 17. The molecule has 8 rings (SSSR count). The van der Waals surface area contributed by atoms with Crippen molar-refractivity contribution in [2.75, 3.05) is 52.9 Å². The molecule has 0 aromatic heterocycles. The van der Waals surface area contributed by atoms with Crippen LogP contribution in [-0.2, 0) is 38.6 Å². The van der Waals surface area contributed by atoms with Gasteiger partial charge in [-0.25, -0.2) is 26.4 Å². The van der Waals surface area contributed by atoms with Crippen molar-refractivity contribution >= 4 is 31.6 Å². The zero-order valence-corrected chi connectivity index (χ0v) is 38.3. The molecular weight excluding hydrogens is 937 g/mol. The van der Waals surface area contributed by atoms with Gasteiger partial charge in [-0.3, -0.25) is 0 Å². The zero-order valence-electron chi connectivity index (χ0n) is 36.7. The number of carbonyl (C=O) groups excluding carboxylic acids is 2. The van der Waals surface area contributed by atoms with E-state index < -0.39 is 43.8 Å². The Hall–Kier alpha value is -7.00. The highest BCUT2D eigenvalue weighted by molar-refractivity contribution is 7.91. The predicted molar refractivity (Wildman–Crippen MR) is 244 cm³/mol. The second-order valence-corrected chi connectivity index (χ2v) is 19.6. The molecule has 6 aromatic carbocycles. The molecule has 0 bridgehead atoms. The van der Waals surface area contributed by atoms with Crippen LogP contribution in [0.5, 0.6) is 34.5 Å². The van der Waals surface area contributed by atoms with Crippen molar-refractivity contribution in [2.24, 2.45) is 0 Å². The number of ether oxygens (including phenoxy) is 9. The maximum absolute atomic E-state index is 13.1.